The van der Waals surface area contributed by atoms with Gasteiger partial charge in [-0.25, -0.2) is 9.97 Å². The smallest absolute Gasteiger partial charge is 0.258 e. The summed E-state index contributed by atoms with van der Waals surface area (Å²) >= 11 is 0. The largest absolute Gasteiger partial charge is 0.378 e. The average molecular weight is 366 g/mol. The number of para-hydroxylation sites is 1. The Morgan fingerprint density at radius 3 is 2.81 bits per heavy atom. The number of rotatable bonds is 5. The van der Waals surface area contributed by atoms with Gasteiger partial charge in [0, 0.05) is 24.8 Å². The van der Waals surface area contributed by atoms with Crippen molar-refractivity contribution in [1.82, 2.24) is 19.9 Å². The lowest BCUT2D eigenvalue weighted by molar-refractivity contribution is 0.122. The van der Waals surface area contributed by atoms with Crippen LogP contribution in [0, 0.1) is 0 Å². The Balaban J connectivity index is 1.56. The average Bonchev–Trinajstić information content (AvgIpc) is 2.73. The molecule has 3 aromatic rings. The van der Waals surface area contributed by atoms with Crippen molar-refractivity contribution in [2.75, 3.05) is 36.5 Å². The Hall–Kier alpha value is -3.00. The van der Waals surface area contributed by atoms with Crippen molar-refractivity contribution in [3.05, 3.63) is 52.2 Å². The molecular formula is C19H22N6O2. The van der Waals surface area contributed by atoms with Crippen LogP contribution in [0.2, 0.25) is 0 Å². The SMILES string of the molecule is CCc1cc(NCc2nc3ccccc3c(=O)[nH]2)nc(N2CCOCC2)n1. The van der Waals surface area contributed by atoms with Crippen molar-refractivity contribution in [3.8, 4) is 0 Å². The van der Waals surface area contributed by atoms with Crippen LogP contribution in [0.1, 0.15) is 18.4 Å². The number of ether oxygens (including phenoxy) is 1. The second-order valence-electron chi connectivity index (χ2n) is 6.38. The molecule has 4 rings (SSSR count). The van der Waals surface area contributed by atoms with Crippen LogP contribution in [-0.4, -0.2) is 46.2 Å². The third-order valence-corrected chi connectivity index (χ3v) is 4.52. The standard InChI is InChI=1S/C19H22N6O2/c1-2-13-11-16(24-19(21-13)25-7-9-27-10-8-25)20-12-17-22-15-6-4-3-5-14(15)18(26)23-17/h3-6,11H,2,7-10,12H2,1H3,(H,20,21,24)(H,22,23,26). The zero-order valence-electron chi connectivity index (χ0n) is 15.2. The van der Waals surface area contributed by atoms with Gasteiger partial charge in [-0.3, -0.25) is 4.79 Å². The summed E-state index contributed by atoms with van der Waals surface area (Å²) in [6, 6.07) is 9.24. The van der Waals surface area contributed by atoms with Gasteiger partial charge in [0.1, 0.15) is 11.6 Å². The number of morpholine rings is 1. The van der Waals surface area contributed by atoms with Gasteiger partial charge >= 0.3 is 0 Å². The lowest BCUT2D eigenvalue weighted by atomic mass is 10.2. The van der Waals surface area contributed by atoms with Gasteiger partial charge in [0.25, 0.3) is 5.56 Å². The molecule has 0 unspecified atom stereocenters. The molecule has 1 aliphatic rings. The van der Waals surface area contributed by atoms with Crippen molar-refractivity contribution >= 4 is 22.7 Å². The number of benzene rings is 1. The number of hydrogen-bond acceptors (Lipinski definition) is 7. The van der Waals surface area contributed by atoms with Crippen LogP contribution in [0.5, 0.6) is 0 Å². The summed E-state index contributed by atoms with van der Waals surface area (Å²) in [5.74, 6) is 2.00. The molecule has 1 saturated heterocycles. The zero-order chi connectivity index (χ0) is 18.6. The van der Waals surface area contributed by atoms with Gasteiger partial charge in [0.2, 0.25) is 5.95 Å². The molecule has 0 aliphatic carbocycles. The second kappa shape index (κ2) is 7.71. The molecule has 0 radical (unpaired) electrons. The molecule has 8 nitrogen and oxygen atoms in total. The van der Waals surface area contributed by atoms with E-state index in [4.69, 9.17) is 4.74 Å². The number of aryl methyl sites for hydroxylation is 1. The molecule has 0 bridgehead atoms. The van der Waals surface area contributed by atoms with Gasteiger partial charge in [-0.1, -0.05) is 19.1 Å². The maximum absolute atomic E-state index is 12.2. The van der Waals surface area contributed by atoms with E-state index in [0.717, 1.165) is 31.0 Å². The molecule has 3 heterocycles. The molecule has 1 aromatic carbocycles. The van der Waals surface area contributed by atoms with E-state index in [-0.39, 0.29) is 5.56 Å². The summed E-state index contributed by atoms with van der Waals surface area (Å²) in [7, 11) is 0. The predicted octanol–water partition coefficient (Wildman–Crippen LogP) is 1.72. The highest BCUT2D eigenvalue weighted by Gasteiger charge is 2.15. The summed E-state index contributed by atoms with van der Waals surface area (Å²) < 4.78 is 5.40. The fourth-order valence-electron chi connectivity index (χ4n) is 3.05. The molecule has 0 amide bonds. The van der Waals surface area contributed by atoms with Crippen LogP contribution < -0.4 is 15.8 Å². The predicted molar refractivity (Wildman–Crippen MR) is 104 cm³/mol. The number of aromatic nitrogens is 4. The van der Waals surface area contributed by atoms with Gasteiger partial charge in [-0.15, -0.1) is 0 Å². The topological polar surface area (TPSA) is 96.0 Å². The van der Waals surface area contributed by atoms with E-state index in [2.05, 4.69) is 37.1 Å². The van der Waals surface area contributed by atoms with E-state index >= 15 is 0 Å². The van der Waals surface area contributed by atoms with Crippen LogP contribution in [0.3, 0.4) is 0 Å². The van der Waals surface area contributed by atoms with Crippen LogP contribution in [0.25, 0.3) is 10.9 Å². The summed E-state index contributed by atoms with van der Waals surface area (Å²) in [4.78, 5) is 30.9. The molecule has 27 heavy (non-hydrogen) atoms. The third kappa shape index (κ3) is 3.90. The molecule has 2 N–H and O–H groups in total. The van der Waals surface area contributed by atoms with Gasteiger partial charge in [0.15, 0.2) is 0 Å². The molecule has 1 fully saturated rings. The highest BCUT2D eigenvalue weighted by Crippen LogP contribution is 2.16. The first kappa shape index (κ1) is 17.4. The van der Waals surface area contributed by atoms with Crippen molar-refractivity contribution < 1.29 is 4.74 Å². The van der Waals surface area contributed by atoms with E-state index in [0.29, 0.717) is 42.4 Å². The highest BCUT2D eigenvalue weighted by molar-refractivity contribution is 5.77. The summed E-state index contributed by atoms with van der Waals surface area (Å²) in [6.45, 7) is 5.38. The van der Waals surface area contributed by atoms with Crippen molar-refractivity contribution in [2.24, 2.45) is 0 Å². The van der Waals surface area contributed by atoms with Crippen LogP contribution in [0.4, 0.5) is 11.8 Å². The third-order valence-electron chi connectivity index (χ3n) is 4.52. The Morgan fingerprint density at radius 1 is 1.19 bits per heavy atom. The van der Waals surface area contributed by atoms with Crippen LogP contribution >= 0.6 is 0 Å². The van der Waals surface area contributed by atoms with Crippen molar-refractivity contribution in [3.63, 3.8) is 0 Å². The first-order valence-electron chi connectivity index (χ1n) is 9.15. The Labute approximate surface area is 156 Å². The fourth-order valence-corrected chi connectivity index (χ4v) is 3.05. The van der Waals surface area contributed by atoms with E-state index in [9.17, 15) is 4.79 Å². The van der Waals surface area contributed by atoms with E-state index in [1.807, 2.05) is 24.3 Å². The number of nitrogens with one attached hydrogen (secondary N) is 2. The Morgan fingerprint density at radius 2 is 2.00 bits per heavy atom. The van der Waals surface area contributed by atoms with E-state index in [1.54, 1.807) is 6.07 Å². The summed E-state index contributed by atoms with van der Waals surface area (Å²) in [6.07, 6.45) is 0.819. The normalized spacial score (nSPS) is 14.5. The molecule has 8 heteroatoms. The van der Waals surface area contributed by atoms with Crippen molar-refractivity contribution in [1.29, 1.82) is 0 Å². The molecule has 140 valence electrons. The van der Waals surface area contributed by atoms with E-state index < -0.39 is 0 Å². The first-order valence-corrected chi connectivity index (χ1v) is 9.15. The molecule has 1 aliphatic heterocycles. The van der Waals surface area contributed by atoms with Crippen molar-refractivity contribution in [2.45, 2.75) is 19.9 Å². The number of nitrogens with zero attached hydrogens (tertiary/aromatic N) is 4. The summed E-state index contributed by atoms with van der Waals surface area (Å²) in [5, 5.41) is 3.85. The molecule has 0 atom stereocenters. The van der Waals surface area contributed by atoms with Gasteiger partial charge < -0.3 is 19.9 Å². The Bertz CT molecular complexity index is 997. The van der Waals surface area contributed by atoms with Gasteiger partial charge in [0.05, 0.1) is 30.7 Å². The minimum Gasteiger partial charge on any atom is -0.378 e. The lowest BCUT2D eigenvalue weighted by Gasteiger charge is -2.27. The molecule has 0 spiro atoms. The highest BCUT2D eigenvalue weighted by atomic mass is 16.5. The minimum atomic E-state index is -0.136. The van der Waals surface area contributed by atoms with Crippen LogP contribution in [0.15, 0.2) is 35.1 Å². The summed E-state index contributed by atoms with van der Waals surface area (Å²) in [5.41, 5.74) is 1.52. The second-order valence-corrected chi connectivity index (χ2v) is 6.38. The zero-order valence-corrected chi connectivity index (χ0v) is 15.2. The maximum atomic E-state index is 12.2. The maximum Gasteiger partial charge on any atom is 0.258 e. The molecule has 2 aromatic heterocycles. The Kier molecular flexibility index (Phi) is 4.97. The van der Waals surface area contributed by atoms with E-state index in [1.165, 1.54) is 0 Å². The number of fused-ring (bicyclic) bond motifs is 1. The monoisotopic (exact) mass is 366 g/mol. The first-order chi connectivity index (χ1) is 13.2. The fraction of sp³-hybridized carbons (Fsp3) is 0.368. The molecule has 0 saturated carbocycles. The molecular weight excluding hydrogens is 344 g/mol. The number of H-pyrrole nitrogens is 1. The van der Waals surface area contributed by atoms with Gasteiger partial charge in [-0.2, -0.15) is 4.98 Å². The quantitative estimate of drug-likeness (QED) is 0.710. The number of aromatic amines is 1. The van der Waals surface area contributed by atoms with Crippen LogP contribution in [-0.2, 0) is 17.7 Å². The van der Waals surface area contributed by atoms with Gasteiger partial charge in [-0.05, 0) is 18.6 Å². The number of hydrogen-bond donors (Lipinski definition) is 2. The number of anilines is 2. The minimum absolute atomic E-state index is 0.136. The lowest BCUT2D eigenvalue weighted by Crippen LogP contribution is -2.37.